The maximum atomic E-state index is 12.4. The lowest BCUT2D eigenvalue weighted by Crippen LogP contribution is -2.39. The van der Waals surface area contributed by atoms with Crippen molar-refractivity contribution in [3.63, 3.8) is 0 Å². The summed E-state index contributed by atoms with van der Waals surface area (Å²) < 4.78 is 5.22. The van der Waals surface area contributed by atoms with Crippen molar-refractivity contribution in [2.24, 2.45) is 5.92 Å². The molecule has 0 radical (unpaired) electrons. The molecule has 3 nitrogen and oxygen atoms in total. The Morgan fingerprint density at radius 2 is 2.22 bits per heavy atom. The van der Waals surface area contributed by atoms with Gasteiger partial charge >= 0.3 is 0 Å². The summed E-state index contributed by atoms with van der Waals surface area (Å²) in [7, 11) is 1.65. The summed E-state index contributed by atoms with van der Waals surface area (Å²) in [6, 6.07) is 5.64. The first-order chi connectivity index (χ1) is 8.61. The normalized spacial score (nSPS) is 19.7. The molecular formula is C15H21NO2. The Hall–Kier alpha value is -1.51. The molecule has 1 atom stereocenters. The van der Waals surface area contributed by atoms with Crippen LogP contribution in [0.5, 0.6) is 5.75 Å². The zero-order valence-electron chi connectivity index (χ0n) is 11.4. The highest BCUT2D eigenvalue weighted by Crippen LogP contribution is 2.22. The van der Waals surface area contributed by atoms with Crippen LogP contribution in [0.15, 0.2) is 18.2 Å². The van der Waals surface area contributed by atoms with E-state index >= 15 is 0 Å². The zero-order chi connectivity index (χ0) is 13.1. The van der Waals surface area contributed by atoms with Gasteiger partial charge in [-0.05, 0) is 49.4 Å². The van der Waals surface area contributed by atoms with Gasteiger partial charge < -0.3 is 9.64 Å². The van der Waals surface area contributed by atoms with Crippen LogP contribution in [-0.4, -0.2) is 31.0 Å². The molecule has 2 rings (SSSR count). The molecule has 1 aromatic carbocycles. The molecule has 1 saturated heterocycles. The molecule has 0 aromatic heterocycles. The number of benzene rings is 1. The van der Waals surface area contributed by atoms with Gasteiger partial charge in [0.25, 0.3) is 5.91 Å². The van der Waals surface area contributed by atoms with Crippen LogP contribution in [0.25, 0.3) is 0 Å². The Morgan fingerprint density at radius 3 is 2.83 bits per heavy atom. The number of carbonyl (C=O) groups is 1. The van der Waals surface area contributed by atoms with Crippen molar-refractivity contribution in [2.45, 2.75) is 26.7 Å². The summed E-state index contributed by atoms with van der Waals surface area (Å²) in [5.74, 6) is 1.59. The maximum absolute atomic E-state index is 12.4. The number of ether oxygens (including phenoxy) is 1. The first-order valence-corrected chi connectivity index (χ1v) is 6.55. The Balaban J connectivity index is 2.15. The van der Waals surface area contributed by atoms with Gasteiger partial charge in [0.2, 0.25) is 0 Å². The van der Waals surface area contributed by atoms with E-state index in [0.717, 1.165) is 36.4 Å². The summed E-state index contributed by atoms with van der Waals surface area (Å²) in [5, 5.41) is 0. The van der Waals surface area contributed by atoms with Crippen molar-refractivity contribution >= 4 is 5.91 Å². The SMILES string of the molecule is COc1ccc(C(=O)N2CCC[C@@H](C)C2)cc1C. The molecule has 0 N–H and O–H groups in total. The van der Waals surface area contributed by atoms with Gasteiger partial charge in [0.05, 0.1) is 7.11 Å². The third-order valence-electron chi connectivity index (χ3n) is 3.59. The smallest absolute Gasteiger partial charge is 0.253 e. The van der Waals surface area contributed by atoms with Crippen molar-refractivity contribution in [1.82, 2.24) is 4.90 Å². The van der Waals surface area contributed by atoms with Crippen LogP contribution in [0.1, 0.15) is 35.7 Å². The van der Waals surface area contributed by atoms with Gasteiger partial charge in [-0.2, -0.15) is 0 Å². The van der Waals surface area contributed by atoms with Gasteiger partial charge in [-0.1, -0.05) is 6.92 Å². The molecule has 0 spiro atoms. The van der Waals surface area contributed by atoms with Crippen molar-refractivity contribution in [3.8, 4) is 5.75 Å². The molecule has 0 unspecified atom stereocenters. The highest BCUT2D eigenvalue weighted by molar-refractivity contribution is 5.94. The number of rotatable bonds is 2. The fraction of sp³-hybridized carbons (Fsp3) is 0.533. The van der Waals surface area contributed by atoms with Gasteiger partial charge in [-0.3, -0.25) is 4.79 Å². The summed E-state index contributed by atoms with van der Waals surface area (Å²) in [6.45, 7) is 5.94. The molecule has 0 saturated carbocycles. The van der Waals surface area contributed by atoms with E-state index in [1.54, 1.807) is 7.11 Å². The largest absolute Gasteiger partial charge is 0.496 e. The topological polar surface area (TPSA) is 29.5 Å². The lowest BCUT2D eigenvalue weighted by molar-refractivity contribution is 0.0683. The molecule has 98 valence electrons. The molecule has 3 heteroatoms. The highest BCUT2D eigenvalue weighted by Gasteiger charge is 2.22. The number of methoxy groups -OCH3 is 1. The van der Waals surface area contributed by atoms with Crippen LogP contribution in [0.3, 0.4) is 0 Å². The predicted octanol–water partition coefficient (Wildman–Crippen LogP) is 2.88. The van der Waals surface area contributed by atoms with Crippen LogP contribution in [0, 0.1) is 12.8 Å². The molecule has 1 aliphatic rings. The van der Waals surface area contributed by atoms with E-state index in [1.807, 2.05) is 30.0 Å². The summed E-state index contributed by atoms with van der Waals surface area (Å²) in [6.07, 6.45) is 2.34. The number of nitrogens with zero attached hydrogens (tertiary/aromatic N) is 1. The lowest BCUT2D eigenvalue weighted by atomic mass is 9.99. The number of aryl methyl sites for hydroxylation is 1. The first kappa shape index (κ1) is 12.9. The second-order valence-electron chi connectivity index (χ2n) is 5.18. The Kier molecular flexibility index (Phi) is 3.90. The van der Waals surface area contributed by atoms with Crippen molar-refractivity contribution in [3.05, 3.63) is 29.3 Å². The van der Waals surface area contributed by atoms with Gasteiger partial charge in [0.1, 0.15) is 5.75 Å². The van der Waals surface area contributed by atoms with Crippen LogP contribution < -0.4 is 4.74 Å². The van der Waals surface area contributed by atoms with E-state index in [-0.39, 0.29) is 5.91 Å². The van der Waals surface area contributed by atoms with Gasteiger partial charge in [-0.15, -0.1) is 0 Å². The standard InChI is InChI=1S/C15H21NO2/c1-11-5-4-8-16(10-11)15(17)13-6-7-14(18-3)12(2)9-13/h6-7,9,11H,4-5,8,10H2,1-3H3/t11-/m1/s1. The zero-order valence-corrected chi connectivity index (χ0v) is 11.4. The van der Waals surface area contributed by atoms with Crippen LogP contribution >= 0.6 is 0 Å². The van der Waals surface area contributed by atoms with E-state index in [0.29, 0.717) is 5.92 Å². The Bertz CT molecular complexity index is 442. The van der Waals surface area contributed by atoms with Crippen molar-refractivity contribution in [2.75, 3.05) is 20.2 Å². The van der Waals surface area contributed by atoms with Crippen LogP contribution in [0.2, 0.25) is 0 Å². The van der Waals surface area contributed by atoms with Gasteiger partial charge in [0, 0.05) is 18.7 Å². The molecule has 18 heavy (non-hydrogen) atoms. The van der Waals surface area contributed by atoms with E-state index in [2.05, 4.69) is 6.92 Å². The summed E-state index contributed by atoms with van der Waals surface area (Å²) in [5.41, 5.74) is 1.77. The number of carbonyl (C=O) groups excluding carboxylic acids is 1. The Labute approximate surface area is 109 Å². The van der Waals surface area contributed by atoms with E-state index in [4.69, 9.17) is 4.74 Å². The monoisotopic (exact) mass is 247 g/mol. The van der Waals surface area contributed by atoms with Crippen LogP contribution in [0.4, 0.5) is 0 Å². The molecule has 1 amide bonds. The number of hydrogen-bond acceptors (Lipinski definition) is 2. The average Bonchev–Trinajstić information content (AvgIpc) is 2.37. The predicted molar refractivity (Wildman–Crippen MR) is 72.0 cm³/mol. The number of piperidine rings is 1. The highest BCUT2D eigenvalue weighted by atomic mass is 16.5. The van der Waals surface area contributed by atoms with E-state index in [1.165, 1.54) is 6.42 Å². The number of hydrogen-bond donors (Lipinski definition) is 0. The van der Waals surface area contributed by atoms with Gasteiger partial charge in [0.15, 0.2) is 0 Å². The molecular weight excluding hydrogens is 226 g/mol. The number of amides is 1. The molecule has 1 aliphatic heterocycles. The quantitative estimate of drug-likeness (QED) is 0.804. The lowest BCUT2D eigenvalue weighted by Gasteiger charge is -2.31. The molecule has 1 aromatic rings. The minimum atomic E-state index is 0.146. The van der Waals surface area contributed by atoms with Gasteiger partial charge in [-0.25, -0.2) is 0 Å². The summed E-state index contributed by atoms with van der Waals surface area (Å²) >= 11 is 0. The molecule has 1 fully saturated rings. The minimum Gasteiger partial charge on any atom is -0.496 e. The summed E-state index contributed by atoms with van der Waals surface area (Å²) in [4.78, 5) is 14.3. The minimum absolute atomic E-state index is 0.146. The fourth-order valence-corrected chi connectivity index (χ4v) is 2.57. The van der Waals surface area contributed by atoms with Crippen LogP contribution in [-0.2, 0) is 0 Å². The first-order valence-electron chi connectivity index (χ1n) is 6.55. The van der Waals surface area contributed by atoms with Crippen molar-refractivity contribution < 1.29 is 9.53 Å². The third kappa shape index (κ3) is 2.66. The average molecular weight is 247 g/mol. The van der Waals surface area contributed by atoms with E-state index in [9.17, 15) is 4.79 Å². The second-order valence-corrected chi connectivity index (χ2v) is 5.18. The molecule has 0 bridgehead atoms. The Morgan fingerprint density at radius 1 is 1.44 bits per heavy atom. The third-order valence-corrected chi connectivity index (χ3v) is 3.59. The van der Waals surface area contributed by atoms with Crippen molar-refractivity contribution in [1.29, 1.82) is 0 Å². The van der Waals surface area contributed by atoms with E-state index < -0.39 is 0 Å². The molecule has 1 heterocycles. The molecule has 0 aliphatic carbocycles. The fourth-order valence-electron chi connectivity index (χ4n) is 2.57. The number of likely N-dealkylation sites (tertiary alicyclic amines) is 1. The maximum Gasteiger partial charge on any atom is 0.253 e. The second kappa shape index (κ2) is 5.42.